The summed E-state index contributed by atoms with van der Waals surface area (Å²) in [5, 5.41) is 12.6. The lowest BCUT2D eigenvalue weighted by Crippen LogP contribution is -2.30. The molecule has 3 nitrogen and oxygen atoms in total. The minimum Gasteiger partial charge on any atom is -0.389 e. The van der Waals surface area contributed by atoms with Crippen LogP contribution < -0.4 is 5.32 Å². The van der Waals surface area contributed by atoms with Crippen LogP contribution in [-0.4, -0.2) is 30.9 Å². The maximum atomic E-state index is 9.53. The van der Waals surface area contributed by atoms with E-state index in [-0.39, 0.29) is 0 Å². The van der Waals surface area contributed by atoms with Crippen LogP contribution in [0.5, 0.6) is 0 Å². The average Bonchev–Trinajstić information content (AvgIpc) is 2.31. The predicted molar refractivity (Wildman–Crippen MR) is 65.2 cm³/mol. The van der Waals surface area contributed by atoms with Crippen molar-refractivity contribution in [2.75, 3.05) is 19.7 Å². The molecule has 2 N–H and O–H groups in total. The topological polar surface area (TPSA) is 41.5 Å². The van der Waals surface area contributed by atoms with Crippen molar-refractivity contribution in [3.05, 3.63) is 48.6 Å². The third-order valence-electron chi connectivity index (χ3n) is 2.09. The first-order valence-electron chi connectivity index (χ1n) is 5.44. The van der Waals surface area contributed by atoms with Gasteiger partial charge in [-0.2, -0.15) is 0 Å². The van der Waals surface area contributed by atoms with E-state index < -0.39 is 6.10 Å². The molecule has 0 spiro atoms. The zero-order valence-corrected chi connectivity index (χ0v) is 9.43. The highest BCUT2D eigenvalue weighted by Gasteiger charge is 2.02. The van der Waals surface area contributed by atoms with Crippen LogP contribution in [0.3, 0.4) is 0 Å². The fourth-order valence-corrected chi connectivity index (χ4v) is 1.30. The molecule has 3 heteroatoms. The lowest BCUT2D eigenvalue weighted by Gasteiger charge is -2.11. The summed E-state index contributed by atoms with van der Waals surface area (Å²) >= 11 is 0. The number of rotatable bonds is 8. The summed E-state index contributed by atoms with van der Waals surface area (Å²) in [5.74, 6) is 0. The van der Waals surface area contributed by atoms with Crippen LogP contribution in [-0.2, 0) is 11.3 Å². The van der Waals surface area contributed by atoms with Crippen molar-refractivity contribution in [1.82, 2.24) is 5.32 Å². The number of aliphatic hydroxyl groups excluding tert-OH is 1. The van der Waals surface area contributed by atoms with Crippen LogP contribution >= 0.6 is 0 Å². The Kier molecular flexibility index (Phi) is 6.49. The molecule has 1 atom stereocenters. The molecule has 88 valence electrons. The molecule has 0 aliphatic carbocycles. The molecule has 16 heavy (non-hydrogen) atoms. The van der Waals surface area contributed by atoms with Crippen molar-refractivity contribution in [3.8, 4) is 0 Å². The largest absolute Gasteiger partial charge is 0.389 e. The summed E-state index contributed by atoms with van der Waals surface area (Å²) in [5.41, 5.74) is 1.12. The fraction of sp³-hybridized carbons (Fsp3) is 0.385. The number of benzene rings is 1. The van der Waals surface area contributed by atoms with Crippen molar-refractivity contribution in [2.24, 2.45) is 0 Å². The van der Waals surface area contributed by atoms with E-state index in [2.05, 4.69) is 11.9 Å². The molecule has 0 aliphatic rings. The smallest absolute Gasteiger partial charge is 0.0897 e. The molecule has 0 fully saturated rings. The van der Waals surface area contributed by atoms with E-state index in [1.807, 2.05) is 30.3 Å². The van der Waals surface area contributed by atoms with Crippen LogP contribution in [0.15, 0.2) is 43.0 Å². The maximum Gasteiger partial charge on any atom is 0.0897 e. The summed E-state index contributed by atoms with van der Waals surface area (Å²) in [6.45, 7) is 5.70. The molecule has 0 saturated heterocycles. The van der Waals surface area contributed by atoms with E-state index in [1.54, 1.807) is 6.08 Å². The molecular weight excluding hydrogens is 202 g/mol. The second kappa shape index (κ2) is 8.05. The minimum absolute atomic E-state index is 0.346. The van der Waals surface area contributed by atoms with E-state index in [9.17, 15) is 5.11 Å². The monoisotopic (exact) mass is 221 g/mol. The SMILES string of the molecule is C=CCNC[C@@H](O)COCc1ccccc1. The van der Waals surface area contributed by atoms with Gasteiger partial charge in [0.05, 0.1) is 19.3 Å². The Hall–Kier alpha value is -1.16. The second-order valence-electron chi connectivity index (χ2n) is 3.60. The molecule has 0 aromatic heterocycles. The Labute approximate surface area is 96.8 Å². The van der Waals surface area contributed by atoms with Gasteiger partial charge in [0.15, 0.2) is 0 Å². The predicted octanol–water partition coefficient (Wildman–Crippen LogP) is 1.34. The van der Waals surface area contributed by atoms with Gasteiger partial charge in [0.1, 0.15) is 0 Å². The molecular formula is C13H19NO2. The molecule has 0 saturated carbocycles. The van der Waals surface area contributed by atoms with Crippen molar-refractivity contribution in [3.63, 3.8) is 0 Å². The highest BCUT2D eigenvalue weighted by Crippen LogP contribution is 2.00. The van der Waals surface area contributed by atoms with Gasteiger partial charge < -0.3 is 15.2 Å². The Morgan fingerprint density at radius 2 is 2.12 bits per heavy atom. The Balaban J connectivity index is 2.08. The standard InChI is InChI=1S/C13H19NO2/c1-2-8-14-9-13(15)11-16-10-12-6-4-3-5-7-12/h2-7,13-15H,1,8-11H2/t13-/m1/s1. The van der Waals surface area contributed by atoms with Crippen LogP contribution in [0, 0.1) is 0 Å². The third kappa shape index (κ3) is 5.66. The molecule has 0 amide bonds. The highest BCUT2D eigenvalue weighted by atomic mass is 16.5. The lowest BCUT2D eigenvalue weighted by molar-refractivity contribution is 0.0293. The number of ether oxygens (including phenoxy) is 1. The minimum atomic E-state index is -0.469. The van der Waals surface area contributed by atoms with Crippen molar-refractivity contribution in [2.45, 2.75) is 12.7 Å². The summed E-state index contributed by atoms with van der Waals surface area (Å²) in [6, 6.07) is 9.92. The van der Waals surface area contributed by atoms with Gasteiger partial charge in [0.25, 0.3) is 0 Å². The molecule has 1 rings (SSSR count). The normalized spacial score (nSPS) is 12.3. The molecule has 1 aromatic rings. The van der Waals surface area contributed by atoms with Gasteiger partial charge in [-0.15, -0.1) is 6.58 Å². The molecule has 0 unspecified atom stereocenters. The maximum absolute atomic E-state index is 9.53. The Morgan fingerprint density at radius 1 is 1.38 bits per heavy atom. The highest BCUT2D eigenvalue weighted by molar-refractivity contribution is 5.13. The zero-order valence-electron chi connectivity index (χ0n) is 9.43. The van der Waals surface area contributed by atoms with Crippen molar-refractivity contribution < 1.29 is 9.84 Å². The van der Waals surface area contributed by atoms with Gasteiger partial charge in [-0.25, -0.2) is 0 Å². The van der Waals surface area contributed by atoms with Crippen LogP contribution in [0.2, 0.25) is 0 Å². The van der Waals surface area contributed by atoms with Gasteiger partial charge >= 0.3 is 0 Å². The van der Waals surface area contributed by atoms with Crippen LogP contribution in [0.25, 0.3) is 0 Å². The summed E-state index contributed by atoms with van der Waals surface area (Å²) in [7, 11) is 0. The van der Waals surface area contributed by atoms with Gasteiger partial charge in [-0.3, -0.25) is 0 Å². The van der Waals surface area contributed by atoms with E-state index in [0.29, 0.717) is 26.3 Å². The molecule has 0 aliphatic heterocycles. The molecule has 1 aromatic carbocycles. The number of hydrogen-bond acceptors (Lipinski definition) is 3. The van der Waals surface area contributed by atoms with Gasteiger partial charge in [-0.1, -0.05) is 36.4 Å². The first-order valence-corrected chi connectivity index (χ1v) is 5.44. The average molecular weight is 221 g/mol. The van der Waals surface area contributed by atoms with Crippen molar-refractivity contribution in [1.29, 1.82) is 0 Å². The summed E-state index contributed by atoms with van der Waals surface area (Å²) < 4.78 is 5.40. The summed E-state index contributed by atoms with van der Waals surface area (Å²) in [4.78, 5) is 0. The van der Waals surface area contributed by atoms with Crippen molar-refractivity contribution >= 4 is 0 Å². The van der Waals surface area contributed by atoms with E-state index in [4.69, 9.17) is 4.74 Å². The second-order valence-corrected chi connectivity index (χ2v) is 3.60. The van der Waals surface area contributed by atoms with E-state index >= 15 is 0 Å². The van der Waals surface area contributed by atoms with Crippen LogP contribution in [0.1, 0.15) is 5.56 Å². The van der Waals surface area contributed by atoms with E-state index in [1.165, 1.54) is 0 Å². The van der Waals surface area contributed by atoms with Gasteiger partial charge in [0.2, 0.25) is 0 Å². The van der Waals surface area contributed by atoms with E-state index in [0.717, 1.165) is 5.56 Å². The molecule has 0 heterocycles. The lowest BCUT2D eigenvalue weighted by atomic mass is 10.2. The first-order chi connectivity index (χ1) is 7.83. The zero-order chi connectivity index (χ0) is 11.6. The number of nitrogens with one attached hydrogen (secondary N) is 1. The first kappa shape index (κ1) is 12.9. The third-order valence-corrected chi connectivity index (χ3v) is 2.09. The summed E-state index contributed by atoms with van der Waals surface area (Å²) in [6.07, 6.45) is 1.29. The Bertz CT molecular complexity index is 287. The van der Waals surface area contributed by atoms with Gasteiger partial charge in [0, 0.05) is 13.1 Å². The quantitative estimate of drug-likeness (QED) is 0.514. The fourth-order valence-electron chi connectivity index (χ4n) is 1.30. The Morgan fingerprint density at radius 3 is 2.81 bits per heavy atom. The molecule has 0 radical (unpaired) electrons. The molecule has 0 bridgehead atoms. The van der Waals surface area contributed by atoms with Crippen LogP contribution in [0.4, 0.5) is 0 Å². The number of aliphatic hydroxyl groups is 1. The number of hydrogen-bond donors (Lipinski definition) is 2. The van der Waals surface area contributed by atoms with Gasteiger partial charge in [-0.05, 0) is 5.56 Å².